The molecule has 0 aliphatic carbocycles. The predicted octanol–water partition coefficient (Wildman–Crippen LogP) is 1.31. The predicted molar refractivity (Wildman–Crippen MR) is 89.2 cm³/mol. The Balaban J connectivity index is 2.33. The van der Waals surface area contributed by atoms with E-state index in [1.807, 2.05) is 33.8 Å². The molecule has 0 aromatic heterocycles. The summed E-state index contributed by atoms with van der Waals surface area (Å²) in [6.45, 7) is 8.24. The number of benzene rings is 1. The second-order valence-corrected chi connectivity index (χ2v) is 8.15. The van der Waals surface area contributed by atoms with Crippen molar-refractivity contribution in [1.29, 1.82) is 0 Å². The molecular weight excluding hydrogens is 314 g/mol. The van der Waals surface area contributed by atoms with E-state index in [0.29, 0.717) is 30.8 Å². The molecule has 1 amide bonds. The zero-order valence-corrected chi connectivity index (χ0v) is 15.0. The Morgan fingerprint density at radius 2 is 1.61 bits per heavy atom. The maximum Gasteiger partial charge on any atom is 0.243 e. The molecule has 0 radical (unpaired) electrons. The van der Waals surface area contributed by atoms with Gasteiger partial charge in [-0.05, 0) is 62.8 Å². The van der Waals surface area contributed by atoms with Gasteiger partial charge < -0.3 is 0 Å². The fourth-order valence-corrected chi connectivity index (χ4v) is 5.22. The summed E-state index contributed by atoms with van der Waals surface area (Å²) in [6.07, 6.45) is 0.982. The van der Waals surface area contributed by atoms with Gasteiger partial charge in [0.1, 0.15) is 0 Å². The van der Waals surface area contributed by atoms with E-state index >= 15 is 0 Å². The molecule has 128 valence electrons. The van der Waals surface area contributed by atoms with Gasteiger partial charge in [0.2, 0.25) is 15.9 Å². The Kier molecular flexibility index (Phi) is 5.13. The summed E-state index contributed by atoms with van der Waals surface area (Å²) < 4.78 is 27.6. The Morgan fingerprint density at radius 3 is 2.04 bits per heavy atom. The lowest BCUT2D eigenvalue weighted by molar-refractivity contribution is -0.126. The topological polar surface area (TPSA) is 92.5 Å². The van der Waals surface area contributed by atoms with Crippen LogP contribution >= 0.6 is 0 Å². The third-order valence-electron chi connectivity index (χ3n) is 4.86. The molecule has 0 saturated carbocycles. The van der Waals surface area contributed by atoms with Gasteiger partial charge >= 0.3 is 0 Å². The summed E-state index contributed by atoms with van der Waals surface area (Å²) in [4.78, 5) is 12.0. The van der Waals surface area contributed by atoms with Gasteiger partial charge in [-0.25, -0.2) is 14.3 Å². The van der Waals surface area contributed by atoms with Gasteiger partial charge in [-0.3, -0.25) is 10.2 Å². The van der Waals surface area contributed by atoms with Crippen molar-refractivity contribution in [3.8, 4) is 0 Å². The van der Waals surface area contributed by atoms with E-state index in [0.717, 1.165) is 22.3 Å². The van der Waals surface area contributed by atoms with E-state index in [-0.39, 0.29) is 11.8 Å². The number of hydrazine groups is 1. The van der Waals surface area contributed by atoms with Gasteiger partial charge in [0.05, 0.1) is 4.90 Å². The molecule has 7 heteroatoms. The minimum absolute atomic E-state index is 0.215. The van der Waals surface area contributed by atoms with Gasteiger partial charge in [0.25, 0.3) is 0 Å². The highest BCUT2D eigenvalue weighted by Gasteiger charge is 2.34. The third-order valence-corrected chi connectivity index (χ3v) is 7.04. The van der Waals surface area contributed by atoms with Crippen molar-refractivity contribution in [3.63, 3.8) is 0 Å². The molecule has 2 rings (SSSR count). The van der Waals surface area contributed by atoms with Crippen LogP contribution in [0.5, 0.6) is 0 Å². The fraction of sp³-hybridized carbons (Fsp3) is 0.562. The van der Waals surface area contributed by atoms with Crippen LogP contribution in [0.25, 0.3) is 0 Å². The van der Waals surface area contributed by atoms with Crippen LogP contribution in [0.3, 0.4) is 0 Å². The number of nitrogens with two attached hydrogens (primary N) is 1. The van der Waals surface area contributed by atoms with Crippen LogP contribution in [0.2, 0.25) is 0 Å². The molecule has 1 aromatic rings. The molecule has 1 saturated heterocycles. The number of hydrogen-bond donors (Lipinski definition) is 2. The van der Waals surface area contributed by atoms with E-state index in [2.05, 4.69) is 5.43 Å². The fourth-order valence-electron chi connectivity index (χ4n) is 3.17. The molecule has 1 aliphatic heterocycles. The molecule has 0 spiro atoms. The minimum Gasteiger partial charge on any atom is -0.294 e. The lowest BCUT2D eigenvalue weighted by Gasteiger charge is -2.31. The molecule has 0 atom stereocenters. The molecule has 6 nitrogen and oxygen atoms in total. The zero-order chi connectivity index (χ0) is 17.4. The number of sulfonamides is 1. The SMILES string of the molecule is Cc1cc(C)c(C)c(S(=O)(=O)N2CCC(C(=O)NN)CC2)c1C. The van der Waals surface area contributed by atoms with E-state index < -0.39 is 10.0 Å². The molecular formula is C16H25N3O3S. The monoisotopic (exact) mass is 339 g/mol. The molecule has 1 heterocycles. The molecule has 3 N–H and O–H groups in total. The Hall–Kier alpha value is -1.44. The Labute approximate surface area is 138 Å². The Morgan fingerprint density at radius 1 is 1.13 bits per heavy atom. The van der Waals surface area contributed by atoms with Crippen LogP contribution in [0, 0.1) is 33.6 Å². The van der Waals surface area contributed by atoms with Crippen molar-refractivity contribution < 1.29 is 13.2 Å². The number of aryl methyl sites for hydroxylation is 2. The zero-order valence-electron chi connectivity index (χ0n) is 14.1. The van der Waals surface area contributed by atoms with Gasteiger partial charge in [-0.1, -0.05) is 6.07 Å². The quantitative estimate of drug-likeness (QED) is 0.493. The van der Waals surface area contributed by atoms with Crippen molar-refractivity contribution in [3.05, 3.63) is 28.3 Å². The van der Waals surface area contributed by atoms with Crippen molar-refractivity contribution in [1.82, 2.24) is 9.73 Å². The maximum atomic E-state index is 13.1. The van der Waals surface area contributed by atoms with Crippen molar-refractivity contribution >= 4 is 15.9 Å². The summed E-state index contributed by atoms with van der Waals surface area (Å²) >= 11 is 0. The molecule has 1 aliphatic rings. The van der Waals surface area contributed by atoms with E-state index in [4.69, 9.17) is 5.84 Å². The maximum absolute atomic E-state index is 13.1. The van der Waals surface area contributed by atoms with Crippen LogP contribution in [0.15, 0.2) is 11.0 Å². The van der Waals surface area contributed by atoms with Crippen LogP contribution in [-0.4, -0.2) is 31.7 Å². The molecule has 1 fully saturated rings. The van der Waals surface area contributed by atoms with Crippen LogP contribution in [0.1, 0.15) is 35.1 Å². The average Bonchev–Trinajstić information content (AvgIpc) is 2.52. The van der Waals surface area contributed by atoms with Crippen LogP contribution < -0.4 is 11.3 Å². The van der Waals surface area contributed by atoms with Gasteiger partial charge in [-0.15, -0.1) is 0 Å². The summed E-state index contributed by atoms with van der Waals surface area (Å²) in [6, 6.07) is 2.02. The highest BCUT2D eigenvalue weighted by atomic mass is 32.2. The largest absolute Gasteiger partial charge is 0.294 e. The van der Waals surface area contributed by atoms with Crippen LogP contribution in [-0.2, 0) is 14.8 Å². The van der Waals surface area contributed by atoms with Gasteiger partial charge in [0.15, 0.2) is 0 Å². The molecule has 23 heavy (non-hydrogen) atoms. The van der Waals surface area contributed by atoms with Crippen molar-refractivity contribution in [2.45, 2.75) is 45.4 Å². The van der Waals surface area contributed by atoms with E-state index in [9.17, 15) is 13.2 Å². The second kappa shape index (κ2) is 6.59. The second-order valence-electron chi connectivity index (χ2n) is 6.28. The van der Waals surface area contributed by atoms with Gasteiger partial charge in [-0.2, -0.15) is 4.31 Å². The number of carbonyl (C=O) groups excluding carboxylic acids is 1. The highest BCUT2D eigenvalue weighted by molar-refractivity contribution is 7.89. The number of hydrogen-bond acceptors (Lipinski definition) is 4. The molecule has 1 aromatic carbocycles. The lowest BCUT2D eigenvalue weighted by Crippen LogP contribution is -2.44. The first kappa shape index (κ1) is 17.9. The summed E-state index contributed by atoms with van der Waals surface area (Å²) in [5.74, 6) is 4.72. The first-order valence-electron chi connectivity index (χ1n) is 7.78. The number of nitrogens with zero attached hydrogens (tertiary/aromatic N) is 1. The number of rotatable bonds is 3. The average molecular weight is 339 g/mol. The van der Waals surface area contributed by atoms with E-state index in [1.54, 1.807) is 0 Å². The number of carbonyl (C=O) groups is 1. The Bertz CT molecular complexity index is 694. The van der Waals surface area contributed by atoms with Crippen molar-refractivity contribution in [2.75, 3.05) is 13.1 Å². The smallest absolute Gasteiger partial charge is 0.243 e. The minimum atomic E-state index is -3.55. The summed E-state index contributed by atoms with van der Waals surface area (Å²) in [5.41, 5.74) is 5.70. The van der Waals surface area contributed by atoms with Gasteiger partial charge in [0, 0.05) is 19.0 Å². The standard InChI is InChI=1S/C16H25N3O3S/c1-10-9-11(2)13(4)15(12(10)3)23(21,22)19-7-5-14(6-8-19)16(20)18-17/h9,14H,5-8,17H2,1-4H3,(H,18,20). The number of nitrogens with one attached hydrogen (secondary N) is 1. The number of amides is 1. The first-order valence-corrected chi connectivity index (χ1v) is 9.22. The normalized spacial score (nSPS) is 17.3. The lowest BCUT2D eigenvalue weighted by atomic mass is 9.98. The summed E-state index contributed by atoms with van der Waals surface area (Å²) in [5, 5.41) is 0. The van der Waals surface area contributed by atoms with E-state index in [1.165, 1.54) is 4.31 Å². The molecule has 0 unspecified atom stereocenters. The third kappa shape index (κ3) is 3.27. The highest BCUT2D eigenvalue weighted by Crippen LogP contribution is 2.31. The van der Waals surface area contributed by atoms with Crippen molar-refractivity contribution in [2.24, 2.45) is 11.8 Å². The molecule has 0 bridgehead atoms. The number of piperidine rings is 1. The first-order chi connectivity index (χ1) is 10.7. The summed E-state index contributed by atoms with van der Waals surface area (Å²) in [7, 11) is -3.55. The van der Waals surface area contributed by atoms with Crippen LogP contribution in [0.4, 0.5) is 0 Å².